The Labute approximate surface area is 182 Å². The molecule has 1 atom stereocenters. The van der Waals surface area contributed by atoms with E-state index in [-0.39, 0.29) is 17.8 Å². The number of hydrogen-bond donors (Lipinski definition) is 0. The van der Waals surface area contributed by atoms with Crippen LogP contribution in [0.3, 0.4) is 0 Å². The average molecular weight is 454 g/mol. The van der Waals surface area contributed by atoms with Crippen LogP contribution in [0.5, 0.6) is 0 Å². The third kappa shape index (κ3) is 2.70. The standard InChI is InChI=1S/C23H16F2N2O4S/c24-16-6-3-5-15(11-16)13-26-20-10-2-1-9-19(20)23(22(26)29)27(21(28)14-32(23,30)31)18-8-4-7-17(25)12-18/h1-12H,13-14H2/t23-/m1/s1. The van der Waals surface area contributed by atoms with E-state index in [9.17, 15) is 26.8 Å². The lowest BCUT2D eigenvalue weighted by atomic mass is 10.0. The Hall–Kier alpha value is -3.59. The number of fused-ring (bicyclic) bond motifs is 2. The number of halogens is 2. The Morgan fingerprint density at radius 2 is 1.56 bits per heavy atom. The van der Waals surface area contributed by atoms with Crippen molar-refractivity contribution in [1.82, 2.24) is 0 Å². The van der Waals surface area contributed by atoms with E-state index in [2.05, 4.69) is 0 Å². The van der Waals surface area contributed by atoms with E-state index in [1.54, 1.807) is 24.3 Å². The van der Waals surface area contributed by atoms with Crippen LogP contribution < -0.4 is 9.80 Å². The summed E-state index contributed by atoms with van der Waals surface area (Å²) in [4.78, 5) is 26.5. The zero-order valence-electron chi connectivity index (χ0n) is 16.5. The first-order valence-corrected chi connectivity index (χ1v) is 11.4. The van der Waals surface area contributed by atoms with Gasteiger partial charge in [-0.3, -0.25) is 14.5 Å². The maximum absolute atomic E-state index is 14.0. The van der Waals surface area contributed by atoms with Gasteiger partial charge in [-0.25, -0.2) is 17.2 Å². The molecule has 2 aliphatic heterocycles. The van der Waals surface area contributed by atoms with Crippen LogP contribution in [0.15, 0.2) is 72.8 Å². The van der Waals surface area contributed by atoms with Gasteiger partial charge in [0.25, 0.3) is 10.8 Å². The van der Waals surface area contributed by atoms with E-state index < -0.39 is 43.9 Å². The van der Waals surface area contributed by atoms with E-state index in [1.807, 2.05) is 0 Å². The Balaban J connectivity index is 1.74. The first-order valence-electron chi connectivity index (χ1n) is 9.72. The van der Waals surface area contributed by atoms with Crippen molar-refractivity contribution in [2.24, 2.45) is 0 Å². The molecule has 1 fully saturated rings. The van der Waals surface area contributed by atoms with Gasteiger partial charge in [-0.05, 0) is 42.0 Å². The Bertz CT molecular complexity index is 1390. The van der Waals surface area contributed by atoms with E-state index in [0.717, 1.165) is 17.0 Å². The molecular weight excluding hydrogens is 438 g/mol. The van der Waals surface area contributed by atoms with Gasteiger partial charge in [0.2, 0.25) is 5.91 Å². The molecule has 1 saturated heterocycles. The molecule has 3 aromatic rings. The first-order chi connectivity index (χ1) is 15.3. The largest absolute Gasteiger partial charge is 0.304 e. The second-order valence-corrected chi connectivity index (χ2v) is 9.76. The average Bonchev–Trinajstić information content (AvgIpc) is 3.11. The van der Waals surface area contributed by atoms with E-state index in [1.165, 1.54) is 41.3 Å². The number of anilines is 2. The maximum atomic E-state index is 14.0. The molecule has 2 aliphatic rings. The Morgan fingerprint density at radius 1 is 0.875 bits per heavy atom. The number of hydrogen-bond acceptors (Lipinski definition) is 4. The highest BCUT2D eigenvalue weighted by Crippen LogP contribution is 2.52. The van der Waals surface area contributed by atoms with E-state index >= 15 is 0 Å². The molecular formula is C23H16F2N2O4S. The number of nitrogens with zero attached hydrogens (tertiary/aromatic N) is 2. The number of rotatable bonds is 3. The third-order valence-corrected chi connectivity index (χ3v) is 7.82. The van der Waals surface area contributed by atoms with Gasteiger partial charge >= 0.3 is 0 Å². The molecule has 0 bridgehead atoms. The molecule has 0 aromatic heterocycles. The van der Waals surface area contributed by atoms with Crippen molar-refractivity contribution in [3.8, 4) is 0 Å². The van der Waals surface area contributed by atoms with Gasteiger partial charge in [0.15, 0.2) is 9.84 Å². The van der Waals surface area contributed by atoms with Gasteiger partial charge in [0.05, 0.1) is 12.2 Å². The predicted molar refractivity (Wildman–Crippen MR) is 113 cm³/mol. The van der Waals surface area contributed by atoms with Crippen molar-refractivity contribution in [2.75, 3.05) is 15.6 Å². The van der Waals surface area contributed by atoms with Crippen LogP contribution in [-0.2, 0) is 30.8 Å². The topological polar surface area (TPSA) is 74.8 Å². The number of sulfone groups is 1. The molecule has 0 N–H and O–H groups in total. The maximum Gasteiger partial charge on any atom is 0.274 e. The highest BCUT2D eigenvalue weighted by atomic mass is 32.2. The molecule has 162 valence electrons. The van der Waals surface area contributed by atoms with Gasteiger partial charge in [-0.1, -0.05) is 36.4 Å². The monoisotopic (exact) mass is 454 g/mol. The summed E-state index contributed by atoms with van der Waals surface area (Å²) in [6.45, 7) is -0.101. The number of carbonyl (C=O) groups is 2. The van der Waals surface area contributed by atoms with Crippen LogP contribution in [0.1, 0.15) is 11.1 Å². The van der Waals surface area contributed by atoms with Gasteiger partial charge in [-0.15, -0.1) is 0 Å². The summed E-state index contributed by atoms with van der Waals surface area (Å²) in [6, 6.07) is 16.8. The second kappa shape index (κ2) is 6.96. The number of amides is 2. The number of para-hydroxylation sites is 1. The van der Waals surface area contributed by atoms with Crippen LogP contribution in [0, 0.1) is 11.6 Å². The molecule has 32 heavy (non-hydrogen) atoms. The molecule has 3 aromatic carbocycles. The molecule has 0 aliphatic carbocycles. The zero-order chi connectivity index (χ0) is 22.7. The van der Waals surface area contributed by atoms with Crippen molar-refractivity contribution in [1.29, 1.82) is 0 Å². The summed E-state index contributed by atoms with van der Waals surface area (Å²) in [6.07, 6.45) is 0. The lowest BCUT2D eigenvalue weighted by Crippen LogP contribution is -2.54. The molecule has 1 spiro atoms. The fourth-order valence-electron chi connectivity index (χ4n) is 4.48. The minimum Gasteiger partial charge on any atom is -0.304 e. The summed E-state index contributed by atoms with van der Waals surface area (Å²) in [5.41, 5.74) is 0.814. The summed E-state index contributed by atoms with van der Waals surface area (Å²) >= 11 is 0. The van der Waals surface area contributed by atoms with Crippen molar-refractivity contribution in [3.05, 3.63) is 95.6 Å². The zero-order valence-corrected chi connectivity index (χ0v) is 17.4. The molecule has 0 unspecified atom stereocenters. The molecule has 5 rings (SSSR count). The predicted octanol–water partition coefficient (Wildman–Crippen LogP) is 3.13. The van der Waals surface area contributed by atoms with Crippen molar-refractivity contribution >= 4 is 33.0 Å². The second-order valence-electron chi connectivity index (χ2n) is 7.65. The van der Waals surface area contributed by atoms with Crippen LogP contribution in [0.2, 0.25) is 0 Å². The van der Waals surface area contributed by atoms with Gasteiger partial charge in [-0.2, -0.15) is 0 Å². The fraction of sp³-hybridized carbons (Fsp3) is 0.130. The fourth-order valence-corrected chi connectivity index (χ4v) is 6.51. The molecule has 0 saturated carbocycles. The molecule has 2 heterocycles. The summed E-state index contributed by atoms with van der Waals surface area (Å²) < 4.78 is 54.6. The summed E-state index contributed by atoms with van der Waals surface area (Å²) in [7, 11) is -4.35. The lowest BCUT2D eigenvalue weighted by Gasteiger charge is -2.32. The van der Waals surface area contributed by atoms with Gasteiger partial charge in [0, 0.05) is 11.3 Å². The number of carbonyl (C=O) groups excluding carboxylic acids is 2. The van der Waals surface area contributed by atoms with Crippen LogP contribution >= 0.6 is 0 Å². The van der Waals surface area contributed by atoms with E-state index in [0.29, 0.717) is 11.3 Å². The summed E-state index contributed by atoms with van der Waals surface area (Å²) in [5, 5.41) is 0. The third-order valence-electron chi connectivity index (χ3n) is 5.72. The Morgan fingerprint density at radius 3 is 2.28 bits per heavy atom. The first kappa shape index (κ1) is 20.3. The minimum absolute atomic E-state index is 0.0353. The minimum atomic E-state index is -4.35. The van der Waals surface area contributed by atoms with Gasteiger partial charge < -0.3 is 4.90 Å². The van der Waals surface area contributed by atoms with Crippen LogP contribution in [0.4, 0.5) is 20.2 Å². The Kier molecular flexibility index (Phi) is 4.42. The lowest BCUT2D eigenvalue weighted by molar-refractivity contribution is -0.123. The van der Waals surface area contributed by atoms with Crippen LogP contribution in [-0.4, -0.2) is 26.0 Å². The number of benzene rings is 3. The smallest absolute Gasteiger partial charge is 0.274 e. The van der Waals surface area contributed by atoms with Crippen LogP contribution in [0.25, 0.3) is 0 Å². The highest BCUT2D eigenvalue weighted by Gasteiger charge is 2.69. The van der Waals surface area contributed by atoms with Crippen molar-refractivity contribution < 1.29 is 26.8 Å². The summed E-state index contributed by atoms with van der Waals surface area (Å²) in [5.74, 6) is -3.76. The molecule has 0 radical (unpaired) electrons. The molecule has 2 amide bonds. The van der Waals surface area contributed by atoms with Crippen molar-refractivity contribution in [2.45, 2.75) is 11.4 Å². The van der Waals surface area contributed by atoms with E-state index in [4.69, 9.17) is 0 Å². The normalized spacial score (nSPS) is 21.4. The van der Waals surface area contributed by atoms with Gasteiger partial charge in [0.1, 0.15) is 17.4 Å². The quantitative estimate of drug-likeness (QED) is 0.610. The molecule has 9 heteroatoms. The van der Waals surface area contributed by atoms with Crippen molar-refractivity contribution in [3.63, 3.8) is 0 Å². The SMILES string of the molecule is O=C1CS(=O)(=O)[C@]2(C(=O)N(Cc3cccc(F)c3)c3ccccc32)N1c1cccc(F)c1. The highest BCUT2D eigenvalue weighted by molar-refractivity contribution is 7.94. The molecule has 6 nitrogen and oxygen atoms in total.